The average molecular weight is 271 g/mol. The Morgan fingerprint density at radius 1 is 1.30 bits per heavy atom. The number of nitrogens with two attached hydrogens (primary N) is 1. The van der Waals surface area contributed by atoms with E-state index in [1.54, 1.807) is 12.1 Å². The third kappa shape index (κ3) is 3.47. The molecule has 1 aromatic heterocycles. The van der Waals surface area contributed by atoms with Gasteiger partial charge in [0.1, 0.15) is 11.6 Å². The fourth-order valence-corrected chi connectivity index (χ4v) is 1.70. The number of benzene rings is 1. The smallest absolute Gasteiger partial charge is 0.262 e. The molecule has 0 aliphatic heterocycles. The summed E-state index contributed by atoms with van der Waals surface area (Å²) < 4.78 is 5.52. The van der Waals surface area contributed by atoms with Crippen LogP contribution in [0.5, 0.6) is 5.75 Å². The SMILES string of the molecule is Cc1cccc(OCC(=O)Nc2ccc(N)nc2)c1C. The van der Waals surface area contributed by atoms with Gasteiger partial charge < -0.3 is 15.8 Å². The number of nitrogens with one attached hydrogen (secondary N) is 1. The third-order valence-electron chi connectivity index (χ3n) is 2.98. The number of nitrogens with zero attached hydrogens (tertiary/aromatic N) is 1. The first-order valence-electron chi connectivity index (χ1n) is 6.26. The molecule has 1 heterocycles. The van der Waals surface area contributed by atoms with Crippen molar-refractivity contribution < 1.29 is 9.53 Å². The van der Waals surface area contributed by atoms with Gasteiger partial charge >= 0.3 is 0 Å². The maximum Gasteiger partial charge on any atom is 0.262 e. The summed E-state index contributed by atoms with van der Waals surface area (Å²) in [5.74, 6) is 0.891. The molecule has 0 aliphatic rings. The Hall–Kier alpha value is -2.56. The zero-order valence-electron chi connectivity index (χ0n) is 11.5. The summed E-state index contributed by atoms with van der Waals surface area (Å²) in [4.78, 5) is 15.7. The molecule has 0 aliphatic carbocycles. The molecule has 0 spiro atoms. The molecular weight excluding hydrogens is 254 g/mol. The van der Waals surface area contributed by atoms with E-state index in [9.17, 15) is 4.79 Å². The lowest BCUT2D eigenvalue weighted by Gasteiger charge is -2.11. The van der Waals surface area contributed by atoms with E-state index in [1.165, 1.54) is 6.20 Å². The van der Waals surface area contributed by atoms with Crippen molar-refractivity contribution in [1.29, 1.82) is 0 Å². The fraction of sp³-hybridized carbons (Fsp3) is 0.200. The fourth-order valence-electron chi connectivity index (χ4n) is 1.70. The van der Waals surface area contributed by atoms with E-state index in [-0.39, 0.29) is 12.5 Å². The minimum Gasteiger partial charge on any atom is -0.483 e. The average Bonchev–Trinajstić information content (AvgIpc) is 2.43. The van der Waals surface area contributed by atoms with Crippen LogP contribution in [0.1, 0.15) is 11.1 Å². The van der Waals surface area contributed by atoms with Crippen molar-refractivity contribution in [2.24, 2.45) is 0 Å². The van der Waals surface area contributed by atoms with Gasteiger partial charge in [0, 0.05) is 0 Å². The van der Waals surface area contributed by atoms with E-state index in [2.05, 4.69) is 10.3 Å². The first-order valence-corrected chi connectivity index (χ1v) is 6.26. The summed E-state index contributed by atoms with van der Waals surface area (Å²) in [6.07, 6.45) is 1.51. The summed E-state index contributed by atoms with van der Waals surface area (Å²) in [5, 5.41) is 2.69. The van der Waals surface area contributed by atoms with Crippen LogP contribution in [0.2, 0.25) is 0 Å². The Morgan fingerprint density at radius 2 is 2.10 bits per heavy atom. The van der Waals surface area contributed by atoms with Crippen molar-refractivity contribution in [1.82, 2.24) is 4.98 Å². The third-order valence-corrected chi connectivity index (χ3v) is 2.98. The zero-order valence-corrected chi connectivity index (χ0v) is 11.5. The van der Waals surface area contributed by atoms with Gasteiger partial charge in [-0.3, -0.25) is 4.79 Å². The summed E-state index contributed by atoms with van der Waals surface area (Å²) in [6, 6.07) is 9.07. The number of nitrogen functional groups attached to an aromatic ring is 1. The molecule has 0 unspecified atom stereocenters. The molecule has 20 heavy (non-hydrogen) atoms. The highest BCUT2D eigenvalue weighted by Crippen LogP contribution is 2.20. The van der Waals surface area contributed by atoms with Crippen LogP contribution in [0, 0.1) is 13.8 Å². The lowest BCUT2D eigenvalue weighted by atomic mass is 10.1. The van der Waals surface area contributed by atoms with Gasteiger partial charge in [0.15, 0.2) is 6.61 Å². The molecule has 0 atom stereocenters. The normalized spacial score (nSPS) is 10.1. The van der Waals surface area contributed by atoms with Gasteiger partial charge in [0.2, 0.25) is 0 Å². The number of hydrogen-bond donors (Lipinski definition) is 2. The van der Waals surface area contributed by atoms with Crippen LogP contribution < -0.4 is 15.8 Å². The van der Waals surface area contributed by atoms with Gasteiger partial charge in [-0.15, -0.1) is 0 Å². The van der Waals surface area contributed by atoms with Gasteiger partial charge in [0.25, 0.3) is 5.91 Å². The van der Waals surface area contributed by atoms with E-state index >= 15 is 0 Å². The molecule has 2 aromatic rings. The molecule has 1 amide bonds. The minimum atomic E-state index is -0.238. The molecule has 0 bridgehead atoms. The second-order valence-electron chi connectivity index (χ2n) is 4.51. The van der Waals surface area contributed by atoms with Crippen LogP contribution in [0.25, 0.3) is 0 Å². The van der Waals surface area contributed by atoms with Crippen molar-refractivity contribution in [3.05, 3.63) is 47.7 Å². The van der Waals surface area contributed by atoms with Crippen LogP contribution >= 0.6 is 0 Å². The quantitative estimate of drug-likeness (QED) is 0.894. The largest absolute Gasteiger partial charge is 0.483 e. The first-order chi connectivity index (χ1) is 9.56. The van der Waals surface area contributed by atoms with Crippen LogP contribution in [-0.4, -0.2) is 17.5 Å². The number of aryl methyl sites for hydroxylation is 1. The molecule has 5 nitrogen and oxygen atoms in total. The molecule has 0 saturated carbocycles. The highest BCUT2D eigenvalue weighted by molar-refractivity contribution is 5.91. The molecule has 0 fully saturated rings. The van der Waals surface area contributed by atoms with Crippen LogP contribution in [-0.2, 0) is 4.79 Å². The molecule has 0 radical (unpaired) electrons. The van der Waals surface area contributed by atoms with E-state index in [0.717, 1.165) is 16.9 Å². The number of carbonyl (C=O) groups excluding carboxylic acids is 1. The first kappa shape index (κ1) is 13.9. The van der Waals surface area contributed by atoms with Gasteiger partial charge in [-0.05, 0) is 43.2 Å². The molecule has 5 heteroatoms. The number of pyridine rings is 1. The van der Waals surface area contributed by atoms with Crippen LogP contribution in [0.4, 0.5) is 11.5 Å². The number of rotatable bonds is 4. The van der Waals surface area contributed by atoms with Crippen molar-refractivity contribution in [2.75, 3.05) is 17.7 Å². The van der Waals surface area contributed by atoms with Gasteiger partial charge in [-0.1, -0.05) is 12.1 Å². The Morgan fingerprint density at radius 3 is 2.80 bits per heavy atom. The second-order valence-corrected chi connectivity index (χ2v) is 4.51. The Labute approximate surface area is 117 Å². The molecule has 104 valence electrons. The summed E-state index contributed by atoms with van der Waals surface area (Å²) >= 11 is 0. The van der Waals surface area contributed by atoms with Crippen molar-refractivity contribution in [3.63, 3.8) is 0 Å². The molecule has 2 rings (SSSR count). The molecular formula is C15H17N3O2. The number of anilines is 2. The van der Waals surface area contributed by atoms with E-state index in [4.69, 9.17) is 10.5 Å². The Kier molecular flexibility index (Phi) is 4.20. The monoisotopic (exact) mass is 271 g/mol. The maximum absolute atomic E-state index is 11.8. The number of aromatic nitrogens is 1. The van der Waals surface area contributed by atoms with E-state index < -0.39 is 0 Å². The second kappa shape index (κ2) is 6.06. The standard InChI is InChI=1S/C15H17N3O2/c1-10-4-3-5-13(11(10)2)20-9-15(19)18-12-6-7-14(16)17-8-12/h3-8H,9H2,1-2H3,(H2,16,17)(H,18,19). The van der Waals surface area contributed by atoms with Gasteiger partial charge in [0.05, 0.1) is 11.9 Å². The van der Waals surface area contributed by atoms with Crippen LogP contribution in [0.15, 0.2) is 36.5 Å². The highest BCUT2D eigenvalue weighted by Gasteiger charge is 2.06. The molecule has 1 aromatic carbocycles. The summed E-state index contributed by atoms with van der Waals surface area (Å²) in [6.45, 7) is 3.92. The minimum absolute atomic E-state index is 0.0470. The predicted octanol–water partition coefficient (Wildman–Crippen LogP) is 2.30. The number of ether oxygens (including phenoxy) is 1. The Bertz CT molecular complexity index is 609. The van der Waals surface area contributed by atoms with E-state index in [0.29, 0.717) is 11.5 Å². The predicted molar refractivity (Wildman–Crippen MR) is 78.7 cm³/mol. The highest BCUT2D eigenvalue weighted by atomic mass is 16.5. The summed E-state index contributed by atoms with van der Waals surface area (Å²) in [7, 11) is 0. The number of hydrogen-bond acceptors (Lipinski definition) is 4. The number of carbonyl (C=O) groups is 1. The van der Waals surface area contributed by atoms with Crippen molar-refractivity contribution in [3.8, 4) is 5.75 Å². The summed E-state index contributed by atoms with van der Waals surface area (Å²) in [5.41, 5.74) is 8.23. The number of amides is 1. The van der Waals surface area contributed by atoms with Gasteiger partial charge in [-0.25, -0.2) is 4.98 Å². The lowest BCUT2D eigenvalue weighted by molar-refractivity contribution is -0.118. The zero-order chi connectivity index (χ0) is 14.5. The van der Waals surface area contributed by atoms with Crippen molar-refractivity contribution in [2.45, 2.75) is 13.8 Å². The van der Waals surface area contributed by atoms with Crippen molar-refractivity contribution >= 4 is 17.4 Å². The van der Waals surface area contributed by atoms with Crippen LogP contribution in [0.3, 0.4) is 0 Å². The lowest BCUT2D eigenvalue weighted by Crippen LogP contribution is -2.20. The maximum atomic E-state index is 11.8. The topological polar surface area (TPSA) is 77.2 Å². The molecule has 0 saturated heterocycles. The Balaban J connectivity index is 1.92. The van der Waals surface area contributed by atoms with Gasteiger partial charge in [-0.2, -0.15) is 0 Å². The van der Waals surface area contributed by atoms with E-state index in [1.807, 2.05) is 32.0 Å². The molecule has 3 N–H and O–H groups in total.